The van der Waals surface area contributed by atoms with Gasteiger partial charge in [0.05, 0.1) is 35.4 Å². The minimum atomic E-state index is -3.40. The number of carbonyl (C=O) groups is 1. The predicted molar refractivity (Wildman–Crippen MR) is 141 cm³/mol. The molecule has 1 atom stereocenters. The van der Waals surface area contributed by atoms with Crippen molar-refractivity contribution in [2.75, 3.05) is 37.4 Å². The molecule has 2 saturated heterocycles. The highest BCUT2D eigenvalue weighted by molar-refractivity contribution is 7.93. The van der Waals surface area contributed by atoms with Crippen LogP contribution in [0, 0.1) is 17.2 Å². The van der Waals surface area contributed by atoms with Crippen molar-refractivity contribution >= 4 is 37.2 Å². The first kappa shape index (κ1) is 25.9. The van der Waals surface area contributed by atoms with Gasteiger partial charge in [0.2, 0.25) is 16.0 Å². The van der Waals surface area contributed by atoms with Crippen molar-refractivity contribution < 1.29 is 22.3 Å². The van der Waals surface area contributed by atoms with Crippen molar-refractivity contribution in [3.8, 4) is 17.0 Å². The molecule has 2 fully saturated rings. The van der Waals surface area contributed by atoms with E-state index in [1.54, 1.807) is 16.8 Å². The Balaban J connectivity index is 1.37. The fourth-order valence-corrected chi connectivity index (χ4v) is 8.75. The number of benzene rings is 1. The van der Waals surface area contributed by atoms with Gasteiger partial charge in [-0.1, -0.05) is 32.1 Å². The van der Waals surface area contributed by atoms with Crippen LogP contribution in [0.5, 0.6) is 5.75 Å². The van der Waals surface area contributed by atoms with Crippen molar-refractivity contribution in [1.29, 1.82) is 0 Å². The number of carbonyl (C=O) groups excluding carboxylic acids is 1. The number of nitrogens with one attached hydrogen (secondary N) is 1. The zero-order valence-corrected chi connectivity index (χ0v) is 23.1. The first-order chi connectivity index (χ1) is 17.4. The van der Waals surface area contributed by atoms with Gasteiger partial charge in [0.1, 0.15) is 11.6 Å². The molecule has 0 bridgehead atoms. The van der Waals surface area contributed by atoms with Crippen molar-refractivity contribution in [2.24, 2.45) is 11.3 Å². The Hall–Kier alpha value is -2.73. The van der Waals surface area contributed by atoms with E-state index >= 15 is 0 Å². The second-order valence-electron chi connectivity index (χ2n) is 11.1. The summed E-state index contributed by atoms with van der Waals surface area (Å²) in [4.78, 5) is 20.3. The Morgan fingerprint density at radius 2 is 2.03 bits per heavy atom. The smallest absolute Gasteiger partial charge is 0.224 e. The highest BCUT2D eigenvalue weighted by Gasteiger charge is 2.58. The Labute approximate surface area is 219 Å². The molecule has 0 radical (unpaired) electrons. The molecule has 3 aromatic rings. The number of hydrogen-bond donors (Lipinski definition) is 1. The maximum absolute atomic E-state index is 13.7. The number of hydrogen-bond acceptors (Lipinski definition) is 8. The summed E-state index contributed by atoms with van der Waals surface area (Å²) in [6.07, 6.45) is 2.80. The minimum Gasteiger partial charge on any atom is -0.496 e. The van der Waals surface area contributed by atoms with Gasteiger partial charge in [0.15, 0.2) is 9.84 Å². The lowest BCUT2D eigenvalue weighted by Gasteiger charge is -2.41. The third-order valence-corrected chi connectivity index (χ3v) is 11.1. The monoisotopic (exact) mass is 549 g/mol. The van der Waals surface area contributed by atoms with E-state index < -0.39 is 26.3 Å². The second-order valence-corrected chi connectivity index (χ2v) is 14.4. The van der Waals surface area contributed by atoms with Crippen LogP contribution in [0.1, 0.15) is 40.0 Å². The summed E-state index contributed by atoms with van der Waals surface area (Å²) in [7, 11) is -1.91. The van der Waals surface area contributed by atoms with Crippen LogP contribution in [-0.2, 0) is 14.6 Å². The molecule has 0 saturated carbocycles. The SMILES string of the molecule is COc1cc(F)ccc1-c1cnc2sc(N3CCC4(CC3)C(C(=O)NCC(C)(C)C)CCS4(=O)=O)nn12. The van der Waals surface area contributed by atoms with Crippen molar-refractivity contribution in [1.82, 2.24) is 19.9 Å². The molecule has 0 aliphatic carbocycles. The summed E-state index contributed by atoms with van der Waals surface area (Å²) in [5, 5.41) is 8.47. The van der Waals surface area contributed by atoms with Crippen LogP contribution in [0.2, 0.25) is 0 Å². The van der Waals surface area contributed by atoms with E-state index in [-0.39, 0.29) is 17.1 Å². The molecule has 1 spiro atoms. The van der Waals surface area contributed by atoms with E-state index in [1.807, 2.05) is 20.8 Å². The molecule has 5 rings (SSSR count). The molecule has 1 N–H and O–H groups in total. The molecule has 1 aromatic carbocycles. The molecule has 12 heteroatoms. The summed E-state index contributed by atoms with van der Waals surface area (Å²) in [5.74, 6) is -0.648. The van der Waals surface area contributed by atoms with Gasteiger partial charge in [-0.2, -0.15) is 0 Å². The average molecular weight is 550 g/mol. The summed E-state index contributed by atoms with van der Waals surface area (Å²) in [6, 6.07) is 4.32. The highest BCUT2D eigenvalue weighted by Crippen LogP contribution is 2.46. The van der Waals surface area contributed by atoms with Gasteiger partial charge in [-0.25, -0.2) is 22.3 Å². The maximum Gasteiger partial charge on any atom is 0.224 e. The first-order valence-electron chi connectivity index (χ1n) is 12.4. The van der Waals surface area contributed by atoms with E-state index in [1.165, 1.54) is 30.6 Å². The number of fused-ring (bicyclic) bond motifs is 1. The van der Waals surface area contributed by atoms with Crippen LogP contribution in [0.25, 0.3) is 16.2 Å². The normalized spacial score (nSPS) is 21.0. The van der Waals surface area contributed by atoms with Gasteiger partial charge < -0.3 is 15.0 Å². The fraction of sp³-hybridized carbons (Fsp3) is 0.560. The molecule has 2 aliphatic rings. The maximum atomic E-state index is 13.7. The first-order valence-corrected chi connectivity index (χ1v) is 14.8. The van der Waals surface area contributed by atoms with Crippen LogP contribution >= 0.6 is 11.3 Å². The Kier molecular flexibility index (Phi) is 6.46. The van der Waals surface area contributed by atoms with Gasteiger partial charge in [0, 0.05) is 31.3 Å². The topological polar surface area (TPSA) is 106 Å². The minimum absolute atomic E-state index is 0.0501. The van der Waals surface area contributed by atoms with Gasteiger partial charge in [-0.05, 0) is 36.8 Å². The van der Waals surface area contributed by atoms with Crippen molar-refractivity contribution in [3.63, 3.8) is 0 Å². The molecule has 1 unspecified atom stereocenters. The van der Waals surface area contributed by atoms with E-state index in [2.05, 4.69) is 15.2 Å². The third kappa shape index (κ3) is 4.58. The number of amides is 1. The zero-order chi connectivity index (χ0) is 26.6. The number of ether oxygens (including phenoxy) is 1. The summed E-state index contributed by atoms with van der Waals surface area (Å²) < 4.78 is 46.2. The number of aromatic nitrogens is 3. The number of piperidine rings is 1. The predicted octanol–water partition coefficient (Wildman–Crippen LogP) is 3.54. The van der Waals surface area contributed by atoms with E-state index in [9.17, 15) is 17.6 Å². The molecule has 4 heterocycles. The fourth-order valence-electron chi connectivity index (χ4n) is 5.41. The number of methoxy groups -OCH3 is 1. The molecular weight excluding hydrogens is 517 g/mol. The highest BCUT2D eigenvalue weighted by atomic mass is 32.2. The zero-order valence-electron chi connectivity index (χ0n) is 21.5. The Morgan fingerprint density at radius 3 is 2.70 bits per heavy atom. The molecule has 9 nitrogen and oxygen atoms in total. The number of nitrogens with zero attached hydrogens (tertiary/aromatic N) is 4. The number of halogens is 1. The summed E-state index contributed by atoms with van der Waals surface area (Å²) in [6.45, 7) is 7.58. The molecule has 200 valence electrons. The average Bonchev–Trinajstić information content (AvgIpc) is 3.50. The van der Waals surface area contributed by atoms with Crippen molar-refractivity contribution in [3.05, 3.63) is 30.2 Å². The third-order valence-electron chi connectivity index (χ3n) is 7.43. The van der Waals surface area contributed by atoms with E-state index in [0.717, 1.165) is 5.13 Å². The molecular formula is C25H32FN5O4S2. The van der Waals surface area contributed by atoms with Crippen LogP contribution in [0.4, 0.5) is 9.52 Å². The summed E-state index contributed by atoms with van der Waals surface area (Å²) >= 11 is 1.41. The molecule has 1 amide bonds. The van der Waals surface area contributed by atoms with Crippen LogP contribution < -0.4 is 15.0 Å². The number of anilines is 1. The van der Waals surface area contributed by atoms with Crippen molar-refractivity contribution in [2.45, 2.75) is 44.8 Å². The van der Waals surface area contributed by atoms with Crippen LogP contribution in [-0.4, -0.2) is 66.2 Å². The van der Waals surface area contributed by atoms with Gasteiger partial charge in [-0.3, -0.25) is 4.79 Å². The van der Waals surface area contributed by atoms with E-state index in [4.69, 9.17) is 9.84 Å². The van der Waals surface area contributed by atoms with E-state index in [0.29, 0.717) is 60.9 Å². The summed E-state index contributed by atoms with van der Waals surface area (Å²) in [5.41, 5.74) is 1.27. The molecule has 2 aliphatic heterocycles. The lowest BCUT2D eigenvalue weighted by atomic mass is 9.81. The standard InChI is InChI=1S/C25H32FN5O4S2/c1-24(2,3)15-28-21(32)18-7-12-37(33,34)25(18)8-10-30(11-9-25)23-29-31-19(14-27-22(31)36-23)17-6-5-16(26)13-20(17)35-4/h5-6,13-14,18H,7-12,15H2,1-4H3,(H,28,32). The quantitative estimate of drug-likeness (QED) is 0.519. The molecule has 2 aromatic heterocycles. The van der Waals surface area contributed by atoms with Gasteiger partial charge in [0.25, 0.3) is 0 Å². The largest absolute Gasteiger partial charge is 0.496 e. The lowest BCUT2D eigenvalue weighted by Crippen LogP contribution is -2.54. The second kappa shape index (κ2) is 9.23. The Bertz CT molecular complexity index is 1430. The molecule has 37 heavy (non-hydrogen) atoms. The van der Waals surface area contributed by atoms with Crippen LogP contribution in [0.15, 0.2) is 24.4 Å². The number of sulfone groups is 1. The number of imidazole rings is 1. The van der Waals surface area contributed by atoms with Crippen LogP contribution in [0.3, 0.4) is 0 Å². The van der Waals surface area contributed by atoms with Gasteiger partial charge >= 0.3 is 0 Å². The lowest BCUT2D eigenvalue weighted by molar-refractivity contribution is -0.126. The Morgan fingerprint density at radius 1 is 1.30 bits per heavy atom. The van der Waals surface area contributed by atoms with Gasteiger partial charge in [-0.15, -0.1) is 5.10 Å². The number of rotatable bonds is 5.